The quantitative estimate of drug-likeness (QED) is 0.475. The van der Waals surface area contributed by atoms with Gasteiger partial charge in [-0.2, -0.15) is 22.7 Å². The molecule has 0 saturated heterocycles. The number of hydrogen-bond acceptors (Lipinski definition) is 5. The molecule has 4 heterocycles. The van der Waals surface area contributed by atoms with Crippen molar-refractivity contribution in [3.05, 3.63) is 64.6 Å². The van der Waals surface area contributed by atoms with Crippen LogP contribution in [0.3, 0.4) is 0 Å². The Morgan fingerprint density at radius 3 is 2.81 bits per heavy atom. The first kappa shape index (κ1) is 19.1. The highest BCUT2D eigenvalue weighted by Gasteiger charge is 2.36. The zero-order valence-corrected chi connectivity index (χ0v) is 16.1. The van der Waals surface area contributed by atoms with Crippen molar-refractivity contribution in [1.29, 1.82) is 0 Å². The Labute approximate surface area is 171 Å². The van der Waals surface area contributed by atoms with E-state index in [-0.39, 0.29) is 22.2 Å². The molecule has 0 unspecified atom stereocenters. The molecule has 0 saturated carbocycles. The number of rotatable bonds is 4. The number of pyridine rings is 1. The number of benzene rings is 1. The Kier molecular flexibility index (Phi) is 4.20. The SMILES string of the molecule is COc1ccc2[nH]cc(CCn3ccc4c(cnc5nc(C(F)(F)F)nn54)c3=O)c2c1. The molecule has 0 fully saturated rings. The molecule has 5 aromatic rings. The molecule has 0 radical (unpaired) electrons. The van der Waals surface area contributed by atoms with E-state index >= 15 is 0 Å². The van der Waals surface area contributed by atoms with E-state index in [0.29, 0.717) is 13.0 Å². The maximum absolute atomic E-state index is 12.9. The highest BCUT2D eigenvalue weighted by molar-refractivity contribution is 5.84. The highest BCUT2D eigenvalue weighted by Crippen LogP contribution is 2.27. The Morgan fingerprint density at radius 1 is 1.19 bits per heavy atom. The van der Waals surface area contributed by atoms with Crippen LogP contribution in [0, 0.1) is 0 Å². The first-order chi connectivity index (χ1) is 14.8. The first-order valence-corrected chi connectivity index (χ1v) is 9.31. The number of aromatic nitrogens is 6. The van der Waals surface area contributed by atoms with Gasteiger partial charge in [0.2, 0.25) is 0 Å². The zero-order valence-electron chi connectivity index (χ0n) is 16.1. The summed E-state index contributed by atoms with van der Waals surface area (Å²) >= 11 is 0. The fourth-order valence-electron chi connectivity index (χ4n) is 3.59. The minimum Gasteiger partial charge on any atom is -0.497 e. The van der Waals surface area contributed by atoms with Crippen LogP contribution in [0.5, 0.6) is 5.75 Å². The average Bonchev–Trinajstić information content (AvgIpc) is 3.37. The summed E-state index contributed by atoms with van der Waals surface area (Å²) in [5.41, 5.74) is 1.82. The van der Waals surface area contributed by atoms with Crippen LogP contribution in [0.25, 0.3) is 27.6 Å². The van der Waals surface area contributed by atoms with Gasteiger partial charge in [-0.1, -0.05) is 0 Å². The minimum absolute atomic E-state index is 0.161. The molecule has 0 aliphatic heterocycles. The summed E-state index contributed by atoms with van der Waals surface area (Å²) in [4.78, 5) is 23.4. The van der Waals surface area contributed by atoms with Crippen LogP contribution >= 0.6 is 0 Å². The van der Waals surface area contributed by atoms with Crippen molar-refractivity contribution >= 4 is 27.6 Å². The lowest BCUT2D eigenvalue weighted by Crippen LogP contribution is -2.21. The second kappa shape index (κ2) is 6.83. The molecule has 31 heavy (non-hydrogen) atoms. The smallest absolute Gasteiger partial charge is 0.453 e. The summed E-state index contributed by atoms with van der Waals surface area (Å²) in [7, 11) is 1.60. The predicted molar refractivity (Wildman–Crippen MR) is 106 cm³/mol. The molecule has 4 aromatic heterocycles. The number of nitrogens with one attached hydrogen (secondary N) is 1. The molecule has 5 rings (SSSR count). The Bertz CT molecular complexity index is 1500. The molecule has 1 aromatic carbocycles. The van der Waals surface area contributed by atoms with Crippen LogP contribution in [-0.2, 0) is 19.1 Å². The average molecular weight is 428 g/mol. The second-order valence-corrected chi connectivity index (χ2v) is 6.99. The van der Waals surface area contributed by atoms with Gasteiger partial charge in [0.15, 0.2) is 0 Å². The predicted octanol–water partition coefficient (Wildman–Crippen LogP) is 3.19. The summed E-state index contributed by atoms with van der Waals surface area (Å²) in [6.07, 6.45) is 0.519. The van der Waals surface area contributed by atoms with E-state index in [1.807, 2.05) is 24.4 Å². The summed E-state index contributed by atoms with van der Waals surface area (Å²) in [6, 6.07) is 7.25. The molecule has 0 spiro atoms. The van der Waals surface area contributed by atoms with E-state index < -0.39 is 12.0 Å². The lowest BCUT2D eigenvalue weighted by Gasteiger charge is -2.08. The number of alkyl halides is 3. The number of halogens is 3. The van der Waals surface area contributed by atoms with Gasteiger partial charge in [-0.25, -0.2) is 4.98 Å². The van der Waals surface area contributed by atoms with Gasteiger partial charge in [-0.05, 0) is 36.2 Å². The van der Waals surface area contributed by atoms with E-state index in [0.717, 1.165) is 26.7 Å². The summed E-state index contributed by atoms with van der Waals surface area (Å²) in [5, 5.41) is 4.63. The van der Waals surface area contributed by atoms with E-state index in [1.54, 1.807) is 13.2 Å². The van der Waals surface area contributed by atoms with Crippen molar-refractivity contribution in [2.24, 2.45) is 0 Å². The van der Waals surface area contributed by atoms with E-state index in [4.69, 9.17) is 4.74 Å². The monoisotopic (exact) mass is 428 g/mol. The molecule has 0 aliphatic rings. The van der Waals surface area contributed by atoms with E-state index in [9.17, 15) is 18.0 Å². The molecule has 158 valence electrons. The van der Waals surface area contributed by atoms with Crippen LogP contribution < -0.4 is 10.3 Å². The normalized spacial score (nSPS) is 12.3. The molecule has 0 atom stereocenters. The number of ether oxygens (including phenoxy) is 1. The number of H-pyrrole nitrogens is 1. The first-order valence-electron chi connectivity index (χ1n) is 9.31. The van der Waals surface area contributed by atoms with Gasteiger partial charge in [0.1, 0.15) is 5.75 Å². The third-order valence-electron chi connectivity index (χ3n) is 5.16. The van der Waals surface area contributed by atoms with Crippen LogP contribution in [-0.4, -0.2) is 36.2 Å². The van der Waals surface area contributed by atoms with Crippen molar-refractivity contribution in [1.82, 2.24) is 29.1 Å². The van der Waals surface area contributed by atoms with Crippen molar-refractivity contribution in [2.45, 2.75) is 19.1 Å². The molecular weight excluding hydrogens is 413 g/mol. The van der Waals surface area contributed by atoms with Crippen LogP contribution in [0.1, 0.15) is 11.4 Å². The molecule has 0 aliphatic carbocycles. The van der Waals surface area contributed by atoms with Crippen molar-refractivity contribution < 1.29 is 17.9 Å². The summed E-state index contributed by atoms with van der Waals surface area (Å²) in [5.74, 6) is -0.784. The minimum atomic E-state index is -4.70. The Balaban J connectivity index is 1.50. The molecule has 0 bridgehead atoms. The molecular formula is C20H15F3N6O2. The molecule has 8 nitrogen and oxygen atoms in total. The molecule has 11 heteroatoms. The largest absolute Gasteiger partial charge is 0.497 e. The van der Waals surface area contributed by atoms with Gasteiger partial charge in [-0.15, -0.1) is 5.10 Å². The van der Waals surface area contributed by atoms with E-state index in [1.165, 1.54) is 17.0 Å². The van der Waals surface area contributed by atoms with Crippen molar-refractivity contribution in [2.75, 3.05) is 7.11 Å². The van der Waals surface area contributed by atoms with Crippen molar-refractivity contribution in [3.63, 3.8) is 0 Å². The number of aromatic amines is 1. The van der Waals surface area contributed by atoms with Gasteiger partial charge in [0.05, 0.1) is 18.0 Å². The van der Waals surface area contributed by atoms with Gasteiger partial charge in [-0.3, -0.25) is 4.79 Å². The second-order valence-electron chi connectivity index (χ2n) is 6.99. The molecule has 1 N–H and O–H groups in total. The van der Waals surface area contributed by atoms with Crippen LogP contribution in [0.4, 0.5) is 13.2 Å². The maximum Gasteiger partial charge on any atom is 0.453 e. The van der Waals surface area contributed by atoms with Gasteiger partial charge < -0.3 is 14.3 Å². The van der Waals surface area contributed by atoms with Gasteiger partial charge in [0.25, 0.3) is 17.2 Å². The lowest BCUT2D eigenvalue weighted by atomic mass is 10.1. The number of nitrogens with zero attached hydrogens (tertiary/aromatic N) is 5. The van der Waals surface area contributed by atoms with Gasteiger partial charge >= 0.3 is 6.18 Å². The van der Waals surface area contributed by atoms with Gasteiger partial charge in [0, 0.05) is 36.0 Å². The zero-order chi connectivity index (χ0) is 21.8. The fraction of sp³-hybridized carbons (Fsp3) is 0.200. The molecule has 0 amide bonds. The number of hydrogen-bond donors (Lipinski definition) is 1. The highest BCUT2D eigenvalue weighted by atomic mass is 19.4. The topological polar surface area (TPSA) is 90.1 Å². The fourth-order valence-corrected chi connectivity index (χ4v) is 3.59. The van der Waals surface area contributed by atoms with Crippen molar-refractivity contribution in [3.8, 4) is 5.75 Å². The lowest BCUT2D eigenvalue weighted by molar-refractivity contribution is -0.144. The Morgan fingerprint density at radius 2 is 2.03 bits per heavy atom. The van der Waals surface area contributed by atoms with Crippen LogP contribution in [0.15, 0.2) is 47.7 Å². The Hall–Kier alpha value is -3.89. The number of methoxy groups -OCH3 is 1. The third-order valence-corrected chi connectivity index (χ3v) is 5.16. The summed E-state index contributed by atoms with van der Waals surface area (Å²) in [6.45, 7) is 0.377. The number of fused-ring (bicyclic) bond motifs is 4. The maximum atomic E-state index is 12.9. The third kappa shape index (κ3) is 3.18. The summed E-state index contributed by atoms with van der Waals surface area (Å²) < 4.78 is 46.5. The van der Waals surface area contributed by atoms with E-state index in [2.05, 4.69) is 20.1 Å². The van der Waals surface area contributed by atoms with Crippen LogP contribution in [0.2, 0.25) is 0 Å². The number of aryl methyl sites for hydroxylation is 2. The standard InChI is InChI=1S/C20H15F3N6O2/c1-31-12-2-3-15-13(8-12)11(9-24-15)4-6-28-7-5-16-14(17(28)30)10-25-19-26-18(20(21,22)23)27-29(16)19/h2-3,5,7-10,24H,4,6H2,1H3.